The van der Waals surface area contributed by atoms with Crippen LogP contribution < -0.4 is 20.7 Å². The highest BCUT2D eigenvalue weighted by molar-refractivity contribution is 6.05. The van der Waals surface area contributed by atoms with Crippen LogP contribution in [0.2, 0.25) is 0 Å². The minimum atomic E-state index is -4.53. The largest absolute Gasteiger partial charge is 0.489 e. The predicted octanol–water partition coefficient (Wildman–Crippen LogP) is 6.39. The Labute approximate surface area is 188 Å². The molecule has 3 amide bonds. The zero-order chi connectivity index (χ0) is 24.0. The lowest BCUT2D eigenvalue weighted by Crippen LogP contribution is -2.21. The summed E-state index contributed by atoms with van der Waals surface area (Å²) >= 11 is 0. The summed E-state index contributed by atoms with van der Waals surface area (Å²) in [6.07, 6.45) is -4.74. The van der Waals surface area contributed by atoms with E-state index in [4.69, 9.17) is 4.74 Å². The molecular formula is C24H22F3N3O3. The van der Waals surface area contributed by atoms with Crippen molar-refractivity contribution in [3.63, 3.8) is 0 Å². The molecule has 0 saturated heterocycles. The fraction of sp³-hybridized carbons (Fsp3) is 0.167. The highest BCUT2D eigenvalue weighted by Gasteiger charge is 2.30. The van der Waals surface area contributed by atoms with Crippen molar-refractivity contribution >= 4 is 29.0 Å². The summed E-state index contributed by atoms with van der Waals surface area (Å²) < 4.78 is 44.5. The number of hydrogen-bond donors (Lipinski definition) is 3. The van der Waals surface area contributed by atoms with E-state index in [1.165, 1.54) is 18.2 Å². The van der Waals surface area contributed by atoms with Crippen LogP contribution in [0.1, 0.15) is 29.8 Å². The van der Waals surface area contributed by atoms with Gasteiger partial charge in [-0.25, -0.2) is 4.79 Å². The van der Waals surface area contributed by atoms with Crippen molar-refractivity contribution in [1.82, 2.24) is 0 Å². The highest BCUT2D eigenvalue weighted by Crippen LogP contribution is 2.32. The van der Waals surface area contributed by atoms with Crippen LogP contribution in [0.3, 0.4) is 0 Å². The molecule has 0 bridgehead atoms. The molecular weight excluding hydrogens is 435 g/mol. The lowest BCUT2D eigenvalue weighted by molar-refractivity contribution is -0.137. The number of urea groups is 1. The van der Waals surface area contributed by atoms with Crippen molar-refractivity contribution in [1.29, 1.82) is 0 Å². The number of anilines is 3. The molecule has 0 unspecified atom stereocenters. The van der Waals surface area contributed by atoms with Crippen molar-refractivity contribution in [3.05, 3.63) is 83.9 Å². The predicted molar refractivity (Wildman–Crippen MR) is 121 cm³/mol. The molecule has 3 rings (SSSR count). The van der Waals surface area contributed by atoms with E-state index in [9.17, 15) is 22.8 Å². The van der Waals surface area contributed by atoms with Crippen molar-refractivity contribution in [3.8, 4) is 5.75 Å². The summed E-state index contributed by atoms with van der Waals surface area (Å²) in [5, 5.41) is 7.68. The molecule has 0 aliphatic heterocycles. The van der Waals surface area contributed by atoms with Crippen LogP contribution in [-0.2, 0) is 6.18 Å². The Hall–Kier alpha value is -4.01. The molecule has 9 heteroatoms. The number of hydrogen-bond acceptors (Lipinski definition) is 3. The maximum atomic E-state index is 12.9. The van der Waals surface area contributed by atoms with Crippen molar-refractivity contribution < 1.29 is 27.5 Å². The van der Waals surface area contributed by atoms with E-state index in [0.717, 1.165) is 12.1 Å². The molecule has 0 spiro atoms. The maximum absolute atomic E-state index is 12.9. The first-order valence-corrected chi connectivity index (χ1v) is 10.0. The van der Waals surface area contributed by atoms with Gasteiger partial charge >= 0.3 is 12.2 Å². The quantitative estimate of drug-likeness (QED) is 0.401. The highest BCUT2D eigenvalue weighted by atomic mass is 19.4. The Bertz CT molecular complexity index is 1130. The molecule has 0 saturated carbocycles. The Balaban J connectivity index is 1.79. The molecule has 0 aromatic heterocycles. The summed E-state index contributed by atoms with van der Waals surface area (Å²) in [5.74, 6) is -0.00519. The normalized spacial score (nSPS) is 11.1. The molecule has 0 fully saturated rings. The monoisotopic (exact) mass is 457 g/mol. The first-order valence-electron chi connectivity index (χ1n) is 10.0. The standard InChI is InChI=1S/C24H22F3N3O3/c1-15(2)33-21-12-11-19(28-22(31)16-7-4-3-5-8-16)14-20(21)30-23(32)29-18-10-6-9-17(13-18)24(25,26)27/h3-15H,1-2H3,(H,28,31)(H2,29,30,32). The Morgan fingerprint density at radius 3 is 2.18 bits per heavy atom. The van der Waals surface area contributed by atoms with Gasteiger partial charge in [-0.2, -0.15) is 13.2 Å². The number of halogens is 3. The number of ether oxygens (including phenoxy) is 1. The maximum Gasteiger partial charge on any atom is 0.416 e. The third-order valence-corrected chi connectivity index (χ3v) is 4.33. The molecule has 3 N–H and O–H groups in total. The molecule has 0 heterocycles. The van der Waals surface area contributed by atoms with E-state index in [1.807, 2.05) is 0 Å². The zero-order valence-electron chi connectivity index (χ0n) is 17.9. The van der Waals surface area contributed by atoms with E-state index in [0.29, 0.717) is 17.0 Å². The molecule has 0 radical (unpaired) electrons. The van der Waals surface area contributed by atoms with Gasteiger partial charge in [0.05, 0.1) is 17.4 Å². The minimum absolute atomic E-state index is 0.0258. The molecule has 3 aromatic carbocycles. The van der Waals surface area contributed by atoms with Gasteiger partial charge in [-0.15, -0.1) is 0 Å². The van der Waals surface area contributed by atoms with Crippen LogP contribution in [0.4, 0.5) is 35.0 Å². The molecule has 3 aromatic rings. The fourth-order valence-corrected chi connectivity index (χ4v) is 2.91. The Morgan fingerprint density at radius 2 is 1.52 bits per heavy atom. The molecule has 6 nitrogen and oxygen atoms in total. The fourth-order valence-electron chi connectivity index (χ4n) is 2.91. The number of nitrogens with one attached hydrogen (secondary N) is 3. The van der Waals surface area contributed by atoms with Crippen molar-refractivity contribution in [2.75, 3.05) is 16.0 Å². The topological polar surface area (TPSA) is 79.5 Å². The van der Waals surface area contributed by atoms with E-state index < -0.39 is 17.8 Å². The van der Waals surface area contributed by atoms with E-state index >= 15 is 0 Å². The number of carbonyl (C=O) groups is 2. The second kappa shape index (κ2) is 10.1. The number of amides is 3. The molecule has 0 aliphatic carbocycles. The van der Waals surface area contributed by atoms with Gasteiger partial charge in [0.2, 0.25) is 0 Å². The SMILES string of the molecule is CC(C)Oc1ccc(NC(=O)c2ccccc2)cc1NC(=O)Nc1cccc(C(F)(F)F)c1. The van der Waals surface area contributed by atoms with Gasteiger partial charge in [-0.1, -0.05) is 24.3 Å². The van der Waals surface area contributed by atoms with Gasteiger partial charge in [0.15, 0.2) is 0 Å². The van der Waals surface area contributed by atoms with Crippen LogP contribution in [0.25, 0.3) is 0 Å². The lowest BCUT2D eigenvalue weighted by atomic mass is 10.2. The molecule has 0 atom stereocenters. The van der Waals surface area contributed by atoms with Gasteiger partial charge in [0, 0.05) is 16.9 Å². The smallest absolute Gasteiger partial charge is 0.416 e. The summed E-state index contributed by atoms with van der Waals surface area (Å²) in [6, 6.07) is 16.8. The number of benzene rings is 3. The second-order valence-electron chi connectivity index (χ2n) is 7.36. The Morgan fingerprint density at radius 1 is 0.818 bits per heavy atom. The van der Waals surface area contributed by atoms with Crippen LogP contribution in [0.5, 0.6) is 5.75 Å². The first-order chi connectivity index (χ1) is 15.6. The van der Waals surface area contributed by atoms with Crippen LogP contribution in [0.15, 0.2) is 72.8 Å². The number of carbonyl (C=O) groups excluding carboxylic acids is 2. The molecule has 33 heavy (non-hydrogen) atoms. The van der Waals surface area contributed by atoms with Gasteiger partial charge < -0.3 is 20.7 Å². The van der Waals surface area contributed by atoms with E-state index in [-0.39, 0.29) is 23.4 Å². The summed E-state index contributed by atoms with van der Waals surface area (Å²) in [6.45, 7) is 3.61. The van der Waals surface area contributed by atoms with Gasteiger partial charge in [0.25, 0.3) is 5.91 Å². The Kier molecular flexibility index (Phi) is 7.22. The molecule has 0 aliphatic rings. The number of alkyl halides is 3. The van der Waals surface area contributed by atoms with Crippen LogP contribution in [-0.4, -0.2) is 18.0 Å². The van der Waals surface area contributed by atoms with Gasteiger partial charge in [0.1, 0.15) is 5.75 Å². The van der Waals surface area contributed by atoms with Crippen LogP contribution in [0, 0.1) is 0 Å². The average molecular weight is 457 g/mol. The lowest BCUT2D eigenvalue weighted by Gasteiger charge is -2.17. The van der Waals surface area contributed by atoms with Gasteiger partial charge in [-0.3, -0.25) is 4.79 Å². The van der Waals surface area contributed by atoms with Crippen LogP contribution >= 0.6 is 0 Å². The summed E-state index contributed by atoms with van der Waals surface area (Å²) in [5.41, 5.74) is 0.183. The van der Waals surface area contributed by atoms with Crippen molar-refractivity contribution in [2.24, 2.45) is 0 Å². The minimum Gasteiger partial charge on any atom is -0.489 e. The van der Waals surface area contributed by atoms with E-state index in [1.54, 1.807) is 56.3 Å². The third-order valence-electron chi connectivity index (χ3n) is 4.33. The first kappa shape index (κ1) is 23.6. The summed E-state index contributed by atoms with van der Waals surface area (Å²) in [7, 11) is 0. The number of rotatable bonds is 6. The molecule has 172 valence electrons. The average Bonchev–Trinajstić information content (AvgIpc) is 2.75. The zero-order valence-corrected chi connectivity index (χ0v) is 17.9. The van der Waals surface area contributed by atoms with Gasteiger partial charge in [-0.05, 0) is 62.4 Å². The summed E-state index contributed by atoms with van der Waals surface area (Å²) in [4.78, 5) is 24.9. The second-order valence-corrected chi connectivity index (χ2v) is 7.36. The third kappa shape index (κ3) is 6.73. The van der Waals surface area contributed by atoms with Crippen molar-refractivity contribution in [2.45, 2.75) is 26.1 Å². The van der Waals surface area contributed by atoms with E-state index in [2.05, 4.69) is 16.0 Å².